The minimum atomic E-state index is -0.0307. The highest BCUT2D eigenvalue weighted by molar-refractivity contribution is 5.79. The lowest BCUT2D eigenvalue weighted by Gasteiger charge is -2.15. The van der Waals surface area contributed by atoms with E-state index >= 15 is 0 Å². The first kappa shape index (κ1) is 13.9. The maximum absolute atomic E-state index is 9.18. The molecule has 2 rings (SSSR count). The topological polar surface area (TPSA) is 54.4 Å². The molecule has 4 nitrogen and oxygen atoms in total. The molecule has 1 aromatic carbocycles. The number of rotatable bonds is 6. The Morgan fingerprint density at radius 2 is 2.16 bits per heavy atom. The molecule has 1 unspecified atom stereocenters. The van der Waals surface area contributed by atoms with Crippen LogP contribution < -0.4 is 5.32 Å². The molecule has 1 aromatic heterocycles. The van der Waals surface area contributed by atoms with Crippen molar-refractivity contribution in [2.24, 2.45) is 0 Å². The number of aliphatic hydroxyl groups excluding tert-OH is 1. The van der Waals surface area contributed by atoms with Gasteiger partial charge in [-0.1, -0.05) is 12.1 Å². The number of fused-ring (bicyclic) bond motifs is 1. The summed E-state index contributed by atoms with van der Waals surface area (Å²) >= 11 is 0. The zero-order valence-electron chi connectivity index (χ0n) is 11.4. The van der Waals surface area contributed by atoms with E-state index in [0.29, 0.717) is 13.2 Å². The van der Waals surface area contributed by atoms with Gasteiger partial charge in [0.05, 0.1) is 24.8 Å². The maximum Gasteiger partial charge on any atom is 0.0705 e. The predicted molar refractivity (Wildman–Crippen MR) is 76.1 cm³/mol. The number of nitrogens with zero attached hydrogens (tertiary/aromatic N) is 1. The van der Waals surface area contributed by atoms with Crippen LogP contribution >= 0.6 is 0 Å². The zero-order valence-corrected chi connectivity index (χ0v) is 11.4. The summed E-state index contributed by atoms with van der Waals surface area (Å²) in [4.78, 5) is 4.48. The van der Waals surface area contributed by atoms with Crippen LogP contribution in [0.4, 0.5) is 0 Å². The average molecular weight is 260 g/mol. The third-order valence-electron chi connectivity index (χ3n) is 3.08. The van der Waals surface area contributed by atoms with Crippen molar-refractivity contribution < 1.29 is 9.84 Å². The Morgan fingerprint density at radius 1 is 1.32 bits per heavy atom. The molecule has 0 bridgehead atoms. The largest absolute Gasteiger partial charge is 0.395 e. The molecule has 0 amide bonds. The van der Waals surface area contributed by atoms with Gasteiger partial charge in [-0.05, 0) is 30.7 Å². The number of methoxy groups -OCH3 is 1. The van der Waals surface area contributed by atoms with Crippen molar-refractivity contribution in [1.82, 2.24) is 10.3 Å². The third kappa shape index (κ3) is 3.73. The lowest BCUT2D eigenvalue weighted by Crippen LogP contribution is -2.35. The quantitative estimate of drug-likeness (QED) is 0.829. The number of aryl methyl sites for hydroxylation is 1. The van der Waals surface area contributed by atoms with Crippen LogP contribution in [0.15, 0.2) is 30.3 Å². The highest BCUT2D eigenvalue weighted by Gasteiger charge is 2.06. The number of nitrogens with one attached hydrogen (secondary N) is 1. The van der Waals surface area contributed by atoms with Gasteiger partial charge in [-0.2, -0.15) is 0 Å². The molecule has 0 radical (unpaired) electrons. The normalized spacial score (nSPS) is 12.8. The van der Waals surface area contributed by atoms with Crippen LogP contribution in [0.5, 0.6) is 0 Å². The fourth-order valence-electron chi connectivity index (χ4n) is 2.03. The fraction of sp³-hybridized carbons (Fsp3) is 0.400. The molecule has 0 aliphatic heterocycles. The molecule has 4 heteroatoms. The standard InChI is InChI=1S/C15H20N2O2/c1-11-3-5-13-7-12(4-6-15(13)17-11)8-16-14(9-18)10-19-2/h3-7,14,16,18H,8-10H2,1-2H3. The average Bonchev–Trinajstić information content (AvgIpc) is 2.43. The zero-order chi connectivity index (χ0) is 13.7. The molecule has 0 saturated heterocycles. The summed E-state index contributed by atoms with van der Waals surface area (Å²) in [6.45, 7) is 3.27. The monoisotopic (exact) mass is 260 g/mol. The SMILES string of the molecule is COCC(CO)NCc1ccc2nc(C)ccc2c1. The van der Waals surface area contributed by atoms with Crippen molar-refractivity contribution >= 4 is 10.9 Å². The molecule has 2 N–H and O–H groups in total. The van der Waals surface area contributed by atoms with E-state index in [1.54, 1.807) is 7.11 Å². The minimum Gasteiger partial charge on any atom is -0.395 e. The number of benzene rings is 1. The Hall–Kier alpha value is -1.49. The van der Waals surface area contributed by atoms with Crippen LogP contribution in [0.2, 0.25) is 0 Å². The van der Waals surface area contributed by atoms with E-state index in [9.17, 15) is 5.11 Å². The second kappa shape index (κ2) is 6.61. The lowest BCUT2D eigenvalue weighted by atomic mass is 10.1. The fourth-order valence-corrected chi connectivity index (χ4v) is 2.03. The summed E-state index contributed by atoms with van der Waals surface area (Å²) < 4.78 is 5.03. The van der Waals surface area contributed by atoms with Crippen LogP contribution in [0.3, 0.4) is 0 Å². The molecule has 102 valence electrons. The Bertz CT molecular complexity index is 543. The van der Waals surface area contributed by atoms with Crippen LogP contribution in [-0.4, -0.2) is 36.5 Å². The first-order valence-electron chi connectivity index (χ1n) is 6.42. The molecule has 1 heterocycles. The van der Waals surface area contributed by atoms with E-state index in [-0.39, 0.29) is 12.6 Å². The Morgan fingerprint density at radius 3 is 2.89 bits per heavy atom. The number of aromatic nitrogens is 1. The van der Waals surface area contributed by atoms with Crippen LogP contribution in [0.1, 0.15) is 11.3 Å². The summed E-state index contributed by atoms with van der Waals surface area (Å²) in [5.41, 5.74) is 3.21. The number of hydrogen-bond donors (Lipinski definition) is 2. The summed E-state index contributed by atoms with van der Waals surface area (Å²) in [7, 11) is 1.63. The first-order valence-corrected chi connectivity index (χ1v) is 6.42. The second-order valence-corrected chi connectivity index (χ2v) is 4.70. The Labute approximate surface area is 113 Å². The Kier molecular flexibility index (Phi) is 4.85. The van der Waals surface area contributed by atoms with Crippen molar-refractivity contribution in [1.29, 1.82) is 0 Å². The lowest BCUT2D eigenvalue weighted by molar-refractivity contribution is 0.128. The van der Waals surface area contributed by atoms with Gasteiger partial charge >= 0.3 is 0 Å². The molecular formula is C15H20N2O2. The summed E-state index contributed by atoms with van der Waals surface area (Å²) in [6.07, 6.45) is 0. The molecule has 0 aliphatic rings. The van der Waals surface area contributed by atoms with Gasteiger partial charge in [0.25, 0.3) is 0 Å². The van der Waals surface area contributed by atoms with E-state index < -0.39 is 0 Å². The predicted octanol–water partition coefficient (Wildman–Crippen LogP) is 1.64. The van der Waals surface area contributed by atoms with Gasteiger partial charge in [-0.3, -0.25) is 4.98 Å². The van der Waals surface area contributed by atoms with Gasteiger partial charge in [0.1, 0.15) is 0 Å². The number of aliphatic hydroxyl groups is 1. The van der Waals surface area contributed by atoms with Crippen LogP contribution in [0.25, 0.3) is 10.9 Å². The summed E-state index contributed by atoms with van der Waals surface area (Å²) in [5, 5.41) is 13.6. The molecule has 19 heavy (non-hydrogen) atoms. The smallest absolute Gasteiger partial charge is 0.0705 e. The van der Waals surface area contributed by atoms with Crippen LogP contribution in [0, 0.1) is 6.92 Å². The maximum atomic E-state index is 9.18. The van der Waals surface area contributed by atoms with Crippen molar-refractivity contribution in [3.63, 3.8) is 0 Å². The molecule has 0 spiro atoms. The van der Waals surface area contributed by atoms with Gasteiger partial charge in [0.2, 0.25) is 0 Å². The van der Waals surface area contributed by atoms with Crippen molar-refractivity contribution in [3.05, 3.63) is 41.6 Å². The van der Waals surface area contributed by atoms with Gasteiger partial charge in [0.15, 0.2) is 0 Å². The molecule has 0 fully saturated rings. The first-order chi connectivity index (χ1) is 9.22. The number of pyridine rings is 1. The van der Waals surface area contributed by atoms with Gasteiger partial charge in [-0.25, -0.2) is 0 Å². The molecule has 1 atom stereocenters. The van der Waals surface area contributed by atoms with E-state index in [4.69, 9.17) is 4.74 Å². The molecule has 0 saturated carbocycles. The second-order valence-electron chi connectivity index (χ2n) is 4.70. The highest BCUT2D eigenvalue weighted by atomic mass is 16.5. The van der Waals surface area contributed by atoms with E-state index in [1.807, 2.05) is 19.1 Å². The highest BCUT2D eigenvalue weighted by Crippen LogP contribution is 2.14. The van der Waals surface area contributed by atoms with E-state index in [0.717, 1.165) is 16.6 Å². The summed E-state index contributed by atoms with van der Waals surface area (Å²) in [5.74, 6) is 0. The van der Waals surface area contributed by atoms with Gasteiger partial charge in [0, 0.05) is 24.7 Å². The summed E-state index contributed by atoms with van der Waals surface area (Å²) in [6, 6.07) is 10.3. The van der Waals surface area contributed by atoms with Crippen molar-refractivity contribution in [2.75, 3.05) is 20.3 Å². The molecular weight excluding hydrogens is 240 g/mol. The molecule has 2 aromatic rings. The van der Waals surface area contributed by atoms with E-state index in [1.165, 1.54) is 5.56 Å². The Balaban J connectivity index is 2.07. The van der Waals surface area contributed by atoms with E-state index in [2.05, 4.69) is 28.5 Å². The third-order valence-corrected chi connectivity index (χ3v) is 3.08. The molecule has 0 aliphatic carbocycles. The van der Waals surface area contributed by atoms with Crippen molar-refractivity contribution in [3.8, 4) is 0 Å². The number of ether oxygens (including phenoxy) is 1. The number of hydrogen-bond acceptors (Lipinski definition) is 4. The van der Waals surface area contributed by atoms with Crippen molar-refractivity contribution in [2.45, 2.75) is 19.5 Å². The van der Waals surface area contributed by atoms with Gasteiger partial charge < -0.3 is 15.2 Å². The van der Waals surface area contributed by atoms with Crippen LogP contribution in [-0.2, 0) is 11.3 Å². The minimum absolute atomic E-state index is 0.0307. The van der Waals surface area contributed by atoms with Gasteiger partial charge in [-0.15, -0.1) is 0 Å².